The van der Waals surface area contributed by atoms with Crippen molar-refractivity contribution in [2.45, 2.75) is 27.3 Å². The van der Waals surface area contributed by atoms with Crippen LogP contribution in [0.25, 0.3) is 0 Å². The summed E-state index contributed by atoms with van der Waals surface area (Å²) in [7, 11) is 0. The minimum atomic E-state index is -1.06. The van der Waals surface area contributed by atoms with Gasteiger partial charge in [-0.2, -0.15) is 11.3 Å². The van der Waals surface area contributed by atoms with Gasteiger partial charge in [-0.05, 0) is 48.2 Å². The fourth-order valence-electron chi connectivity index (χ4n) is 2.14. The third kappa shape index (κ3) is 2.60. The summed E-state index contributed by atoms with van der Waals surface area (Å²) in [5, 5.41) is 15.9. The Morgan fingerprint density at radius 1 is 1.30 bits per heavy atom. The Labute approximate surface area is 120 Å². The second-order valence-electron chi connectivity index (χ2n) is 4.69. The van der Waals surface area contributed by atoms with E-state index in [0.717, 1.165) is 11.1 Å². The van der Waals surface area contributed by atoms with Gasteiger partial charge in [-0.3, -0.25) is 4.79 Å². The van der Waals surface area contributed by atoms with Crippen molar-refractivity contribution in [2.75, 3.05) is 0 Å². The van der Waals surface area contributed by atoms with Gasteiger partial charge in [0.05, 0.1) is 5.56 Å². The van der Waals surface area contributed by atoms with E-state index >= 15 is 0 Å². The average molecular weight is 292 g/mol. The summed E-state index contributed by atoms with van der Waals surface area (Å²) < 4.78 is 0. The maximum Gasteiger partial charge on any atom is 0.352 e. The summed E-state index contributed by atoms with van der Waals surface area (Å²) in [5.74, 6) is -1.31. The first-order valence-corrected chi connectivity index (χ1v) is 7.08. The van der Waals surface area contributed by atoms with Gasteiger partial charge in [-0.1, -0.05) is 0 Å². The molecule has 0 saturated carbocycles. The van der Waals surface area contributed by atoms with E-state index < -0.39 is 5.97 Å². The van der Waals surface area contributed by atoms with Gasteiger partial charge in [-0.15, -0.1) is 0 Å². The molecular weight excluding hydrogens is 276 g/mol. The van der Waals surface area contributed by atoms with Crippen molar-refractivity contribution in [2.24, 2.45) is 0 Å². The molecule has 20 heavy (non-hydrogen) atoms. The van der Waals surface area contributed by atoms with Crippen LogP contribution in [0.15, 0.2) is 10.8 Å². The van der Waals surface area contributed by atoms with Crippen LogP contribution in [0.1, 0.15) is 43.2 Å². The number of aromatic nitrogens is 1. The number of aromatic amines is 1. The van der Waals surface area contributed by atoms with Crippen molar-refractivity contribution in [1.29, 1.82) is 0 Å². The van der Waals surface area contributed by atoms with Crippen LogP contribution in [0.3, 0.4) is 0 Å². The highest BCUT2D eigenvalue weighted by molar-refractivity contribution is 7.08. The quantitative estimate of drug-likeness (QED) is 0.810. The van der Waals surface area contributed by atoms with Crippen LogP contribution in [-0.4, -0.2) is 22.0 Å². The molecule has 0 aliphatic rings. The van der Waals surface area contributed by atoms with Crippen LogP contribution in [0.4, 0.5) is 0 Å². The highest BCUT2D eigenvalue weighted by atomic mass is 32.1. The van der Waals surface area contributed by atoms with E-state index in [2.05, 4.69) is 10.3 Å². The van der Waals surface area contributed by atoms with E-state index in [1.54, 1.807) is 25.2 Å². The standard InChI is InChI=1S/C14H16N2O3S/c1-7-5-20-6-10(7)4-15-13(17)11-8(2)12(14(18)19)16-9(11)3/h5-6,16H,4H2,1-3H3,(H,15,17)(H,18,19). The zero-order valence-electron chi connectivity index (χ0n) is 11.5. The van der Waals surface area contributed by atoms with E-state index in [-0.39, 0.29) is 11.6 Å². The molecule has 0 spiro atoms. The lowest BCUT2D eigenvalue weighted by atomic mass is 10.1. The normalized spacial score (nSPS) is 10.6. The number of nitrogens with one attached hydrogen (secondary N) is 2. The molecule has 5 nitrogen and oxygen atoms in total. The first-order valence-electron chi connectivity index (χ1n) is 6.14. The molecule has 0 aliphatic heterocycles. The van der Waals surface area contributed by atoms with Gasteiger partial charge in [0.15, 0.2) is 0 Å². The lowest BCUT2D eigenvalue weighted by Gasteiger charge is -2.06. The van der Waals surface area contributed by atoms with Crippen LogP contribution < -0.4 is 5.32 Å². The fraction of sp³-hybridized carbons (Fsp3) is 0.286. The molecule has 2 aromatic rings. The van der Waals surface area contributed by atoms with Gasteiger partial charge in [0.1, 0.15) is 5.69 Å². The van der Waals surface area contributed by atoms with Crippen molar-refractivity contribution in [3.05, 3.63) is 44.4 Å². The molecule has 1 amide bonds. The molecule has 0 unspecified atom stereocenters. The third-order valence-electron chi connectivity index (χ3n) is 3.28. The molecular formula is C14H16N2O3S. The number of carboxylic acids is 1. The van der Waals surface area contributed by atoms with Crippen LogP contribution >= 0.6 is 11.3 Å². The zero-order valence-corrected chi connectivity index (χ0v) is 12.4. The highest BCUT2D eigenvalue weighted by Crippen LogP contribution is 2.18. The number of rotatable bonds is 4. The predicted molar refractivity (Wildman–Crippen MR) is 77.5 cm³/mol. The van der Waals surface area contributed by atoms with E-state index in [0.29, 0.717) is 23.4 Å². The molecule has 0 aliphatic carbocycles. The Morgan fingerprint density at radius 2 is 2.00 bits per heavy atom. The summed E-state index contributed by atoms with van der Waals surface area (Å²) in [5.41, 5.74) is 3.74. The molecule has 2 aromatic heterocycles. The van der Waals surface area contributed by atoms with Gasteiger partial charge in [0.25, 0.3) is 5.91 Å². The largest absolute Gasteiger partial charge is 0.477 e. The van der Waals surface area contributed by atoms with Crippen LogP contribution in [0.5, 0.6) is 0 Å². The summed E-state index contributed by atoms with van der Waals surface area (Å²) >= 11 is 1.59. The summed E-state index contributed by atoms with van der Waals surface area (Å²) in [4.78, 5) is 26.0. The lowest BCUT2D eigenvalue weighted by molar-refractivity contribution is 0.0690. The van der Waals surface area contributed by atoms with E-state index in [1.165, 1.54) is 0 Å². The molecule has 0 radical (unpaired) electrons. The van der Waals surface area contributed by atoms with Gasteiger partial charge in [0, 0.05) is 12.2 Å². The Bertz CT molecular complexity index is 670. The number of hydrogen-bond donors (Lipinski definition) is 3. The maximum atomic E-state index is 12.2. The molecule has 0 atom stereocenters. The number of amides is 1. The Balaban J connectivity index is 2.18. The number of carbonyl (C=O) groups is 2. The molecule has 2 rings (SSSR count). The van der Waals surface area contributed by atoms with E-state index in [4.69, 9.17) is 5.11 Å². The summed E-state index contributed by atoms with van der Waals surface area (Å²) in [6, 6.07) is 0. The fourth-order valence-corrected chi connectivity index (χ4v) is 2.99. The minimum Gasteiger partial charge on any atom is -0.477 e. The highest BCUT2D eigenvalue weighted by Gasteiger charge is 2.21. The Kier molecular flexibility index (Phi) is 3.94. The number of carboxylic acid groups (broad SMARTS) is 1. The molecule has 0 saturated heterocycles. The SMILES string of the molecule is Cc1cscc1CNC(=O)c1c(C)[nH]c(C(=O)O)c1C. The molecule has 2 heterocycles. The van der Waals surface area contributed by atoms with Crippen LogP contribution in [0, 0.1) is 20.8 Å². The number of H-pyrrole nitrogens is 1. The smallest absolute Gasteiger partial charge is 0.352 e. The number of carbonyl (C=O) groups excluding carboxylic acids is 1. The average Bonchev–Trinajstić information content (AvgIpc) is 2.90. The first kappa shape index (κ1) is 14.3. The van der Waals surface area contributed by atoms with Crippen molar-refractivity contribution < 1.29 is 14.7 Å². The number of thiophene rings is 1. The van der Waals surface area contributed by atoms with E-state index in [9.17, 15) is 9.59 Å². The number of aromatic carboxylic acids is 1. The number of hydrogen-bond acceptors (Lipinski definition) is 3. The molecule has 106 valence electrons. The van der Waals surface area contributed by atoms with Crippen molar-refractivity contribution in [3.8, 4) is 0 Å². The molecule has 6 heteroatoms. The molecule has 3 N–H and O–H groups in total. The van der Waals surface area contributed by atoms with Gasteiger partial charge >= 0.3 is 5.97 Å². The molecule has 0 fully saturated rings. The monoisotopic (exact) mass is 292 g/mol. The zero-order chi connectivity index (χ0) is 14.9. The molecule has 0 aromatic carbocycles. The van der Waals surface area contributed by atoms with Gasteiger partial charge in [0.2, 0.25) is 0 Å². The Hall–Kier alpha value is -2.08. The van der Waals surface area contributed by atoms with Gasteiger partial charge < -0.3 is 15.4 Å². The first-order chi connectivity index (χ1) is 9.41. The molecule has 0 bridgehead atoms. The van der Waals surface area contributed by atoms with Crippen molar-refractivity contribution in [3.63, 3.8) is 0 Å². The van der Waals surface area contributed by atoms with Gasteiger partial charge in [-0.25, -0.2) is 4.79 Å². The minimum absolute atomic E-state index is 0.0689. The lowest BCUT2D eigenvalue weighted by Crippen LogP contribution is -2.24. The van der Waals surface area contributed by atoms with Crippen molar-refractivity contribution >= 4 is 23.2 Å². The second-order valence-corrected chi connectivity index (χ2v) is 5.44. The van der Waals surface area contributed by atoms with E-state index in [1.807, 2.05) is 17.7 Å². The Morgan fingerprint density at radius 3 is 2.50 bits per heavy atom. The maximum absolute atomic E-state index is 12.2. The topological polar surface area (TPSA) is 82.2 Å². The van der Waals surface area contributed by atoms with Crippen LogP contribution in [-0.2, 0) is 6.54 Å². The third-order valence-corrected chi connectivity index (χ3v) is 4.19. The van der Waals surface area contributed by atoms with Crippen LogP contribution in [0.2, 0.25) is 0 Å². The number of aryl methyl sites for hydroxylation is 2. The summed E-state index contributed by atoms with van der Waals surface area (Å²) in [6.45, 7) is 5.77. The summed E-state index contributed by atoms with van der Waals surface area (Å²) in [6.07, 6.45) is 0. The predicted octanol–water partition coefficient (Wildman–Crippen LogP) is 2.63. The van der Waals surface area contributed by atoms with Crippen molar-refractivity contribution in [1.82, 2.24) is 10.3 Å². The second kappa shape index (κ2) is 5.50.